The van der Waals surface area contributed by atoms with Crippen molar-refractivity contribution in [3.63, 3.8) is 0 Å². The van der Waals surface area contributed by atoms with Gasteiger partial charge in [0, 0.05) is 17.8 Å². The third-order valence-electron chi connectivity index (χ3n) is 5.00. The Bertz CT molecular complexity index is 884. The number of amides is 4. The van der Waals surface area contributed by atoms with Crippen LogP contribution in [0.5, 0.6) is 0 Å². The van der Waals surface area contributed by atoms with E-state index in [-0.39, 0.29) is 17.7 Å². The van der Waals surface area contributed by atoms with Gasteiger partial charge in [0.1, 0.15) is 6.54 Å². The summed E-state index contributed by atoms with van der Waals surface area (Å²) in [6.45, 7) is 1.19. The summed E-state index contributed by atoms with van der Waals surface area (Å²) in [5.74, 6) is -3.30. The number of likely N-dealkylation sites (tertiary alicyclic amines) is 1. The lowest BCUT2D eigenvalue weighted by molar-refractivity contribution is -0.154. The smallest absolute Gasteiger partial charge is 0.326 e. The number of nitrogens with one attached hydrogen (secondary N) is 2. The van der Waals surface area contributed by atoms with E-state index in [0.29, 0.717) is 30.6 Å². The molecule has 1 aromatic carbocycles. The Labute approximate surface area is 173 Å². The van der Waals surface area contributed by atoms with Crippen LogP contribution in [0.25, 0.3) is 0 Å². The summed E-state index contributed by atoms with van der Waals surface area (Å²) in [6.07, 6.45) is 4.69. The molecule has 4 amide bonds. The Morgan fingerprint density at radius 3 is 2.40 bits per heavy atom. The third-order valence-corrected chi connectivity index (χ3v) is 5.00. The van der Waals surface area contributed by atoms with Crippen LogP contribution in [0.4, 0.5) is 5.69 Å². The zero-order valence-electron chi connectivity index (χ0n) is 16.6. The van der Waals surface area contributed by atoms with Crippen molar-refractivity contribution in [2.75, 3.05) is 25.0 Å². The van der Waals surface area contributed by atoms with E-state index in [9.17, 15) is 24.0 Å². The van der Waals surface area contributed by atoms with Crippen molar-refractivity contribution >= 4 is 35.3 Å². The van der Waals surface area contributed by atoms with Crippen molar-refractivity contribution in [1.82, 2.24) is 10.2 Å². The Kier molecular flexibility index (Phi) is 6.61. The van der Waals surface area contributed by atoms with Crippen molar-refractivity contribution in [3.8, 4) is 0 Å². The highest BCUT2D eigenvalue weighted by atomic mass is 16.5. The first-order chi connectivity index (χ1) is 14.4. The van der Waals surface area contributed by atoms with E-state index >= 15 is 0 Å². The summed E-state index contributed by atoms with van der Waals surface area (Å²) in [5.41, 5.74) is 0.759. The number of ether oxygens (including phenoxy) is 1. The Morgan fingerprint density at radius 1 is 1.10 bits per heavy atom. The maximum atomic E-state index is 12.3. The second-order valence-corrected chi connectivity index (χ2v) is 7.07. The standard InChI is InChI=1S/C21H23N3O6/c1-2-22-19(27)13-6-5-7-14(10-13)23-17(25)12-30-18(26)11-24-20(28)15-8-3-4-9-16(15)21(24)29/h3-7,10,15-16H,2,8-9,11-12H2,1H3,(H,22,27)(H,23,25)/t15-,16-/m0/s1. The minimum atomic E-state index is -0.838. The van der Waals surface area contributed by atoms with Crippen LogP contribution in [0.15, 0.2) is 36.4 Å². The largest absolute Gasteiger partial charge is 0.454 e. The van der Waals surface area contributed by atoms with Crippen molar-refractivity contribution in [2.45, 2.75) is 19.8 Å². The van der Waals surface area contributed by atoms with Crippen LogP contribution in [-0.4, -0.2) is 54.2 Å². The Hall–Kier alpha value is -3.49. The molecule has 1 aliphatic carbocycles. The molecule has 1 saturated heterocycles. The molecule has 1 heterocycles. The summed E-state index contributed by atoms with van der Waals surface area (Å²) in [4.78, 5) is 61.6. The predicted octanol–water partition coefficient (Wildman–Crippen LogP) is 0.869. The van der Waals surface area contributed by atoms with E-state index in [4.69, 9.17) is 4.74 Å². The fraction of sp³-hybridized carbons (Fsp3) is 0.381. The molecule has 3 rings (SSSR count). The second kappa shape index (κ2) is 9.34. The molecule has 2 atom stereocenters. The number of hydrogen-bond donors (Lipinski definition) is 2. The second-order valence-electron chi connectivity index (χ2n) is 7.07. The van der Waals surface area contributed by atoms with Crippen LogP contribution < -0.4 is 10.6 Å². The number of rotatable bonds is 7. The Balaban J connectivity index is 1.49. The molecule has 0 aromatic heterocycles. The fourth-order valence-corrected chi connectivity index (χ4v) is 3.54. The van der Waals surface area contributed by atoms with Gasteiger partial charge < -0.3 is 15.4 Å². The highest BCUT2D eigenvalue weighted by molar-refractivity contribution is 6.07. The number of carbonyl (C=O) groups is 5. The number of anilines is 1. The molecule has 30 heavy (non-hydrogen) atoms. The normalized spacial score (nSPS) is 20.0. The number of benzene rings is 1. The summed E-state index contributed by atoms with van der Waals surface area (Å²) >= 11 is 0. The lowest BCUT2D eigenvalue weighted by Crippen LogP contribution is -2.37. The lowest BCUT2D eigenvalue weighted by Gasteiger charge is -2.14. The minimum absolute atomic E-state index is 0.268. The molecule has 0 bridgehead atoms. The molecule has 1 fully saturated rings. The Morgan fingerprint density at radius 2 is 1.77 bits per heavy atom. The molecule has 158 valence electrons. The van der Waals surface area contributed by atoms with Gasteiger partial charge in [0.15, 0.2) is 6.61 Å². The molecule has 9 heteroatoms. The first-order valence-electron chi connectivity index (χ1n) is 9.74. The van der Waals surface area contributed by atoms with Crippen LogP contribution in [0.3, 0.4) is 0 Å². The van der Waals surface area contributed by atoms with E-state index in [1.165, 1.54) is 6.07 Å². The monoisotopic (exact) mass is 413 g/mol. The van der Waals surface area contributed by atoms with Gasteiger partial charge in [-0.25, -0.2) is 0 Å². The van der Waals surface area contributed by atoms with Gasteiger partial charge in [-0.15, -0.1) is 0 Å². The molecule has 0 saturated carbocycles. The first kappa shape index (κ1) is 21.2. The number of hydrogen-bond acceptors (Lipinski definition) is 6. The molecule has 0 unspecified atom stereocenters. The van der Waals surface area contributed by atoms with Crippen molar-refractivity contribution < 1.29 is 28.7 Å². The molecule has 1 aliphatic heterocycles. The van der Waals surface area contributed by atoms with E-state index in [2.05, 4.69) is 10.6 Å². The highest BCUT2D eigenvalue weighted by Crippen LogP contribution is 2.34. The van der Waals surface area contributed by atoms with Crippen LogP contribution in [0.2, 0.25) is 0 Å². The van der Waals surface area contributed by atoms with Gasteiger partial charge >= 0.3 is 5.97 Å². The number of allylic oxidation sites excluding steroid dienone is 2. The van der Waals surface area contributed by atoms with Gasteiger partial charge in [0.05, 0.1) is 11.8 Å². The molecule has 2 N–H and O–H groups in total. The molecule has 0 radical (unpaired) electrons. The van der Waals surface area contributed by atoms with Gasteiger partial charge in [-0.1, -0.05) is 18.2 Å². The van der Waals surface area contributed by atoms with Crippen LogP contribution in [0, 0.1) is 11.8 Å². The maximum Gasteiger partial charge on any atom is 0.326 e. The molecule has 1 aromatic rings. The number of nitrogens with zero attached hydrogens (tertiary/aromatic N) is 1. The SMILES string of the molecule is CCNC(=O)c1cccc(NC(=O)COC(=O)CN2C(=O)[C@H]3CC=CC[C@@H]3C2=O)c1. The van der Waals surface area contributed by atoms with Crippen LogP contribution in [0.1, 0.15) is 30.1 Å². The number of carbonyl (C=O) groups excluding carboxylic acids is 5. The zero-order valence-corrected chi connectivity index (χ0v) is 16.6. The highest BCUT2D eigenvalue weighted by Gasteiger charge is 2.47. The minimum Gasteiger partial charge on any atom is -0.454 e. The van der Waals surface area contributed by atoms with Gasteiger partial charge in [-0.05, 0) is 38.0 Å². The molecular formula is C21H23N3O6. The third kappa shape index (κ3) is 4.73. The van der Waals surface area contributed by atoms with Gasteiger partial charge in [0.25, 0.3) is 11.8 Å². The average molecular weight is 413 g/mol. The fourth-order valence-electron chi connectivity index (χ4n) is 3.54. The van der Waals surface area contributed by atoms with Gasteiger partial charge in [-0.2, -0.15) is 0 Å². The van der Waals surface area contributed by atoms with Crippen molar-refractivity contribution in [3.05, 3.63) is 42.0 Å². The lowest BCUT2D eigenvalue weighted by atomic mass is 9.85. The quantitative estimate of drug-likeness (QED) is 0.389. The summed E-state index contributed by atoms with van der Waals surface area (Å²) in [6, 6.07) is 6.32. The average Bonchev–Trinajstić information content (AvgIpc) is 2.98. The van der Waals surface area contributed by atoms with E-state index in [1.54, 1.807) is 25.1 Å². The summed E-state index contributed by atoms with van der Waals surface area (Å²) in [5, 5.41) is 5.19. The van der Waals surface area contributed by atoms with Crippen LogP contribution in [-0.2, 0) is 23.9 Å². The summed E-state index contributed by atoms with van der Waals surface area (Å²) in [7, 11) is 0. The molecule has 0 spiro atoms. The van der Waals surface area contributed by atoms with E-state index in [0.717, 1.165) is 4.90 Å². The number of esters is 1. The number of fused-ring (bicyclic) bond motifs is 1. The van der Waals surface area contributed by atoms with Gasteiger partial charge in [-0.3, -0.25) is 28.9 Å². The van der Waals surface area contributed by atoms with Crippen LogP contribution >= 0.6 is 0 Å². The topological polar surface area (TPSA) is 122 Å². The van der Waals surface area contributed by atoms with Crippen molar-refractivity contribution in [1.29, 1.82) is 0 Å². The zero-order chi connectivity index (χ0) is 21.7. The predicted molar refractivity (Wildman–Crippen MR) is 106 cm³/mol. The first-order valence-corrected chi connectivity index (χ1v) is 9.74. The van der Waals surface area contributed by atoms with E-state index in [1.807, 2.05) is 12.2 Å². The molecule has 2 aliphatic rings. The molecular weight excluding hydrogens is 390 g/mol. The van der Waals surface area contributed by atoms with Gasteiger partial charge in [0.2, 0.25) is 11.8 Å². The summed E-state index contributed by atoms with van der Waals surface area (Å²) < 4.78 is 4.91. The number of imide groups is 1. The van der Waals surface area contributed by atoms with E-state index < -0.39 is 36.9 Å². The maximum absolute atomic E-state index is 12.3. The van der Waals surface area contributed by atoms with Crippen molar-refractivity contribution in [2.24, 2.45) is 11.8 Å². The molecule has 9 nitrogen and oxygen atoms in total.